The summed E-state index contributed by atoms with van der Waals surface area (Å²) in [6.07, 6.45) is 3.46. The van der Waals surface area contributed by atoms with Crippen molar-refractivity contribution in [2.24, 2.45) is 0 Å². The SMILES string of the molecule is CC(C)c1cc(-c2ccnc(C#N)c2)ccn1. The van der Waals surface area contributed by atoms with Gasteiger partial charge in [0.2, 0.25) is 0 Å². The number of nitriles is 1. The second kappa shape index (κ2) is 4.75. The molecule has 0 N–H and O–H groups in total. The third kappa shape index (κ3) is 2.48. The summed E-state index contributed by atoms with van der Waals surface area (Å²) < 4.78 is 0. The highest BCUT2D eigenvalue weighted by Gasteiger charge is 2.04. The highest BCUT2D eigenvalue weighted by atomic mass is 14.7. The molecule has 0 saturated heterocycles. The van der Waals surface area contributed by atoms with E-state index in [1.54, 1.807) is 18.5 Å². The van der Waals surface area contributed by atoms with Crippen LogP contribution in [0.3, 0.4) is 0 Å². The van der Waals surface area contributed by atoms with Gasteiger partial charge in [-0.25, -0.2) is 4.98 Å². The Kier molecular flexibility index (Phi) is 3.15. The van der Waals surface area contributed by atoms with Crippen LogP contribution in [0, 0.1) is 11.3 Å². The van der Waals surface area contributed by atoms with Crippen LogP contribution in [0.4, 0.5) is 0 Å². The molecule has 0 unspecified atom stereocenters. The summed E-state index contributed by atoms with van der Waals surface area (Å²) in [5.74, 6) is 0.396. The average Bonchev–Trinajstić information content (AvgIpc) is 2.39. The molecule has 84 valence electrons. The fourth-order valence-electron chi connectivity index (χ4n) is 1.61. The zero-order chi connectivity index (χ0) is 12.3. The number of nitrogens with zero attached hydrogens (tertiary/aromatic N) is 3. The Labute approximate surface area is 101 Å². The molecule has 0 fully saturated rings. The lowest BCUT2D eigenvalue weighted by molar-refractivity contribution is 0.823. The Bertz CT molecular complexity index is 568. The summed E-state index contributed by atoms with van der Waals surface area (Å²) in [5, 5.41) is 8.83. The van der Waals surface area contributed by atoms with Crippen molar-refractivity contribution in [1.29, 1.82) is 5.26 Å². The van der Waals surface area contributed by atoms with Crippen molar-refractivity contribution < 1.29 is 0 Å². The van der Waals surface area contributed by atoms with Gasteiger partial charge in [-0.2, -0.15) is 5.26 Å². The van der Waals surface area contributed by atoms with Gasteiger partial charge in [-0.1, -0.05) is 13.8 Å². The van der Waals surface area contributed by atoms with E-state index in [2.05, 4.69) is 29.9 Å². The molecule has 3 heteroatoms. The van der Waals surface area contributed by atoms with Crippen LogP contribution in [0.15, 0.2) is 36.7 Å². The molecule has 0 aromatic carbocycles. The summed E-state index contributed by atoms with van der Waals surface area (Å²) in [4.78, 5) is 8.29. The number of hydrogen-bond donors (Lipinski definition) is 0. The van der Waals surface area contributed by atoms with Crippen molar-refractivity contribution in [3.8, 4) is 17.2 Å². The Balaban J connectivity index is 2.46. The van der Waals surface area contributed by atoms with Crippen molar-refractivity contribution in [3.05, 3.63) is 48.0 Å². The first kappa shape index (κ1) is 11.3. The third-order valence-electron chi connectivity index (χ3n) is 2.58. The Morgan fingerprint density at radius 3 is 2.35 bits per heavy atom. The van der Waals surface area contributed by atoms with Crippen LogP contribution in [0.2, 0.25) is 0 Å². The molecule has 3 nitrogen and oxygen atoms in total. The average molecular weight is 223 g/mol. The van der Waals surface area contributed by atoms with Crippen LogP contribution in [0.5, 0.6) is 0 Å². The molecular formula is C14H13N3. The first-order chi connectivity index (χ1) is 8.20. The van der Waals surface area contributed by atoms with Crippen LogP contribution >= 0.6 is 0 Å². The van der Waals surface area contributed by atoms with Gasteiger partial charge in [0.25, 0.3) is 0 Å². The topological polar surface area (TPSA) is 49.6 Å². The minimum absolute atomic E-state index is 0.396. The molecule has 0 aliphatic carbocycles. The van der Waals surface area contributed by atoms with Gasteiger partial charge in [0.05, 0.1) is 0 Å². The van der Waals surface area contributed by atoms with E-state index in [9.17, 15) is 0 Å². The summed E-state index contributed by atoms with van der Waals surface area (Å²) in [7, 11) is 0. The summed E-state index contributed by atoms with van der Waals surface area (Å²) in [5.41, 5.74) is 3.56. The predicted octanol–water partition coefficient (Wildman–Crippen LogP) is 3.14. The first-order valence-corrected chi connectivity index (χ1v) is 5.53. The van der Waals surface area contributed by atoms with Crippen molar-refractivity contribution >= 4 is 0 Å². The zero-order valence-corrected chi connectivity index (χ0v) is 9.88. The minimum Gasteiger partial charge on any atom is -0.261 e. The van der Waals surface area contributed by atoms with Crippen LogP contribution in [-0.4, -0.2) is 9.97 Å². The maximum Gasteiger partial charge on any atom is 0.141 e. The highest BCUT2D eigenvalue weighted by molar-refractivity contribution is 5.64. The van der Waals surface area contributed by atoms with Crippen molar-refractivity contribution in [2.75, 3.05) is 0 Å². The van der Waals surface area contributed by atoms with E-state index in [0.29, 0.717) is 11.6 Å². The lowest BCUT2D eigenvalue weighted by Gasteiger charge is -2.07. The van der Waals surface area contributed by atoms with Gasteiger partial charge in [-0.15, -0.1) is 0 Å². The van der Waals surface area contributed by atoms with E-state index in [4.69, 9.17) is 5.26 Å². The molecule has 0 saturated carbocycles. The maximum atomic E-state index is 8.83. The Hall–Kier alpha value is -2.21. The Morgan fingerprint density at radius 2 is 1.71 bits per heavy atom. The van der Waals surface area contributed by atoms with E-state index in [1.807, 2.05) is 18.2 Å². The molecular weight excluding hydrogens is 210 g/mol. The maximum absolute atomic E-state index is 8.83. The molecule has 0 radical (unpaired) electrons. The monoisotopic (exact) mass is 223 g/mol. The van der Waals surface area contributed by atoms with E-state index < -0.39 is 0 Å². The number of pyridine rings is 2. The molecule has 0 amide bonds. The standard InChI is InChI=1S/C14H13N3/c1-10(2)14-8-12(4-6-17-14)11-3-5-16-13(7-11)9-15/h3-8,10H,1-2H3. The summed E-state index contributed by atoms with van der Waals surface area (Å²) in [6, 6.07) is 9.75. The number of rotatable bonds is 2. The molecule has 0 aliphatic heterocycles. The van der Waals surface area contributed by atoms with Crippen molar-refractivity contribution in [1.82, 2.24) is 9.97 Å². The summed E-state index contributed by atoms with van der Waals surface area (Å²) in [6.45, 7) is 4.22. The van der Waals surface area contributed by atoms with Crippen molar-refractivity contribution in [2.45, 2.75) is 19.8 Å². The second-order valence-electron chi connectivity index (χ2n) is 4.17. The molecule has 17 heavy (non-hydrogen) atoms. The lowest BCUT2D eigenvalue weighted by Crippen LogP contribution is -1.92. The van der Waals surface area contributed by atoms with Crippen molar-refractivity contribution in [3.63, 3.8) is 0 Å². The van der Waals surface area contributed by atoms with E-state index in [-0.39, 0.29) is 0 Å². The second-order valence-corrected chi connectivity index (χ2v) is 4.17. The normalized spacial score (nSPS) is 10.2. The van der Waals surface area contributed by atoms with E-state index in [1.165, 1.54) is 0 Å². The fraction of sp³-hybridized carbons (Fsp3) is 0.214. The number of hydrogen-bond acceptors (Lipinski definition) is 3. The molecule has 0 bridgehead atoms. The van der Waals surface area contributed by atoms with Gasteiger partial charge in [-0.3, -0.25) is 4.98 Å². The molecule has 0 aliphatic rings. The molecule has 2 aromatic heterocycles. The van der Waals surface area contributed by atoms with E-state index in [0.717, 1.165) is 16.8 Å². The van der Waals surface area contributed by atoms with Gasteiger partial charge >= 0.3 is 0 Å². The molecule has 2 heterocycles. The van der Waals surface area contributed by atoms with Crippen LogP contribution in [0.25, 0.3) is 11.1 Å². The van der Waals surface area contributed by atoms with Crippen LogP contribution in [0.1, 0.15) is 31.2 Å². The Morgan fingerprint density at radius 1 is 1.06 bits per heavy atom. The molecule has 2 rings (SSSR count). The van der Waals surface area contributed by atoms with E-state index >= 15 is 0 Å². The molecule has 0 atom stereocenters. The molecule has 2 aromatic rings. The van der Waals surface area contributed by atoms with Gasteiger partial charge in [0.15, 0.2) is 0 Å². The first-order valence-electron chi connectivity index (χ1n) is 5.53. The predicted molar refractivity (Wildman–Crippen MR) is 66.3 cm³/mol. The highest BCUT2D eigenvalue weighted by Crippen LogP contribution is 2.22. The summed E-state index contributed by atoms with van der Waals surface area (Å²) >= 11 is 0. The number of aromatic nitrogens is 2. The van der Waals surface area contributed by atoms with Gasteiger partial charge in [0, 0.05) is 18.1 Å². The smallest absolute Gasteiger partial charge is 0.141 e. The largest absolute Gasteiger partial charge is 0.261 e. The van der Waals surface area contributed by atoms with Gasteiger partial charge in [0.1, 0.15) is 11.8 Å². The lowest BCUT2D eigenvalue weighted by atomic mass is 10.0. The molecule has 0 spiro atoms. The minimum atomic E-state index is 0.396. The van der Waals surface area contributed by atoms with Crippen LogP contribution in [-0.2, 0) is 0 Å². The van der Waals surface area contributed by atoms with Gasteiger partial charge in [-0.05, 0) is 41.3 Å². The quantitative estimate of drug-likeness (QED) is 0.785. The third-order valence-corrected chi connectivity index (χ3v) is 2.58. The van der Waals surface area contributed by atoms with Crippen LogP contribution < -0.4 is 0 Å². The van der Waals surface area contributed by atoms with Gasteiger partial charge < -0.3 is 0 Å². The fourth-order valence-corrected chi connectivity index (χ4v) is 1.61. The zero-order valence-electron chi connectivity index (χ0n) is 9.88.